The largest absolute Gasteiger partial charge is 0.353 e. The molecule has 0 spiro atoms. The lowest BCUT2D eigenvalue weighted by Gasteiger charge is -2.27. The Balaban J connectivity index is 2.05. The Labute approximate surface area is 106 Å². The molecule has 1 aliphatic carbocycles. The first-order valence-corrected chi connectivity index (χ1v) is 7.11. The van der Waals surface area contributed by atoms with Crippen LogP contribution in [0.3, 0.4) is 0 Å². The van der Waals surface area contributed by atoms with Gasteiger partial charge in [0.1, 0.15) is 0 Å². The Morgan fingerprint density at radius 1 is 1.18 bits per heavy atom. The van der Waals surface area contributed by atoms with Gasteiger partial charge in [-0.15, -0.1) is 0 Å². The molecule has 0 radical (unpaired) electrons. The van der Waals surface area contributed by atoms with Crippen LogP contribution in [0.25, 0.3) is 0 Å². The zero-order chi connectivity index (χ0) is 12.7. The van der Waals surface area contributed by atoms with Gasteiger partial charge in [-0.3, -0.25) is 4.79 Å². The first-order valence-electron chi connectivity index (χ1n) is 7.11. The smallest absolute Gasteiger partial charge is 0.234 e. The van der Waals surface area contributed by atoms with E-state index in [1.165, 1.54) is 32.1 Å². The molecule has 1 rings (SSSR count). The second kappa shape index (κ2) is 7.70. The molecule has 0 bridgehead atoms. The summed E-state index contributed by atoms with van der Waals surface area (Å²) < 4.78 is 0. The van der Waals surface area contributed by atoms with E-state index in [1.807, 2.05) is 13.8 Å². The lowest BCUT2D eigenvalue weighted by atomic mass is 9.81. The maximum absolute atomic E-state index is 11.4. The van der Waals surface area contributed by atoms with Crippen LogP contribution in [0.4, 0.5) is 0 Å². The van der Waals surface area contributed by atoms with Gasteiger partial charge in [0.25, 0.3) is 0 Å². The molecule has 0 unspecified atom stereocenters. The fourth-order valence-corrected chi connectivity index (χ4v) is 2.61. The van der Waals surface area contributed by atoms with Gasteiger partial charge < -0.3 is 10.6 Å². The van der Waals surface area contributed by atoms with Crippen LogP contribution in [0.5, 0.6) is 0 Å². The molecule has 0 aromatic carbocycles. The number of hydrogen-bond donors (Lipinski definition) is 2. The van der Waals surface area contributed by atoms with Crippen LogP contribution in [0, 0.1) is 11.8 Å². The van der Waals surface area contributed by atoms with Crippen LogP contribution in [0.2, 0.25) is 0 Å². The van der Waals surface area contributed by atoms with Gasteiger partial charge in [0, 0.05) is 6.04 Å². The third kappa shape index (κ3) is 6.06. The van der Waals surface area contributed by atoms with E-state index in [-0.39, 0.29) is 11.9 Å². The van der Waals surface area contributed by atoms with Gasteiger partial charge in [-0.2, -0.15) is 0 Å². The van der Waals surface area contributed by atoms with Gasteiger partial charge in [0.15, 0.2) is 0 Å². The maximum Gasteiger partial charge on any atom is 0.234 e. The highest BCUT2D eigenvalue weighted by Gasteiger charge is 2.19. The Kier molecular flexibility index (Phi) is 6.56. The Hall–Kier alpha value is -0.570. The second-order valence-electron chi connectivity index (χ2n) is 5.65. The summed E-state index contributed by atoms with van der Waals surface area (Å²) in [4.78, 5) is 11.4. The van der Waals surface area contributed by atoms with Gasteiger partial charge in [0.05, 0.1) is 6.54 Å². The first-order chi connectivity index (χ1) is 8.11. The van der Waals surface area contributed by atoms with Crippen molar-refractivity contribution in [3.63, 3.8) is 0 Å². The van der Waals surface area contributed by atoms with E-state index in [4.69, 9.17) is 0 Å². The summed E-state index contributed by atoms with van der Waals surface area (Å²) in [6.45, 7) is 7.74. The molecule has 0 saturated heterocycles. The average Bonchev–Trinajstić information content (AvgIpc) is 2.29. The van der Waals surface area contributed by atoms with Crippen molar-refractivity contribution in [1.82, 2.24) is 10.6 Å². The first kappa shape index (κ1) is 14.5. The summed E-state index contributed by atoms with van der Waals surface area (Å²) in [7, 11) is 0. The van der Waals surface area contributed by atoms with Gasteiger partial charge in [-0.05, 0) is 45.1 Å². The third-order valence-electron chi connectivity index (χ3n) is 3.71. The Morgan fingerprint density at radius 2 is 1.76 bits per heavy atom. The normalized spacial score (nSPS) is 24.9. The van der Waals surface area contributed by atoms with Crippen molar-refractivity contribution in [2.24, 2.45) is 11.8 Å². The monoisotopic (exact) mass is 240 g/mol. The molecule has 0 aromatic rings. The van der Waals surface area contributed by atoms with Crippen molar-refractivity contribution in [3.8, 4) is 0 Å². The summed E-state index contributed by atoms with van der Waals surface area (Å²) in [6, 6.07) is 0.240. The molecule has 1 saturated carbocycles. The zero-order valence-electron chi connectivity index (χ0n) is 11.6. The standard InChI is InChI=1S/C14H28N2O/c1-4-12-5-7-13(8-6-12)9-15-10-14(17)16-11(2)3/h11-13,15H,4-10H2,1-3H3,(H,16,17). The summed E-state index contributed by atoms with van der Waals surface area (Å²) in [6.07, 6.45) is 6.74. The summed E-state index contributed by atoms with van der Waals surface area (Å²) in [5.41, 5.74) is 0. The molecule has 1 aliphatic rings. The maximum atomic E-state index is 11.4. The number of rotatable bonds is 6. The van der Waals surface area contributed by atoms with Crippen LogP contribution in [-0.4, -0.2) is 25.0 Å². The van der Waals surface area contributed by atoms with Crippen molar-refractivity contribution in [3.05, 3.63) is 0 Å². The minimum absolute atomic E-state index is 0.113. The van der Waals surface area contributed by atoms with Gasteiger partial charge in [0.2, 0.25) is 5.91 Å². The fourth-order valence-electron chi connectivity index (χ4n) is 2.61. The lowest BCUT2D eigenvalue weighted by Crippen LogP contribution is -2.39. The molecule has 100 valence electrons. The van der Waals surface area contributed by atoms with Gasteiger partial charge >= 0.3 is 0 Å². The highest BCUT2D eigenvalue weighted by atomic mass is 16.1. The number of nitrogens with one attached hydrogen (secondary N) is 2. The van der Waals surface area contributed by atoms with Gasteiger partial charge in [-0.25, -0.2) is 0 Å². The summed E-state index contributed by atoms with van der Waals surface area (Å²) >= 11 is 0. The lowest BCUT2D eigenvalue weighted by molar-refractivity contribution is -0.120. The minimum atomic E-state index is 0.113. The van der Waals surface area contributed by atoms with Crippen molar-refractivity contribution in [2.75, 3.05) is 13.1 Å². The number of carbonyl (C=O) groups excluding carboxylic acids is 1. The highest BCUT2D eigenvalue weighted by molar-refractivity contribution is 5.78. The molecule has 2 N–H and O–H groups in total. The van der Waals surface area contributed by atoms with E-state index >= 15 is 0 Å². The van der Waals surface area contributed by atoms with Gasteiger partial charge in [-0.1, -0.05) is 26.2 Å². The molecule has 0 aromatic heterocycles. The van der Waals surface area contributed by atoms with Crippen molar-refractivity contribution < 1.29 is 4.79 Å². The molecular formula is C14H28N2O. The molecule has 3 nitrogen and oxygen atoms in total. The van der Waals surface area contributed by atoms with E-state index in [2.05, 4.69) is 17.6 Å². The molecule has 1 fully saturated rings. The second-order valence-corrected chi connectivity index (χ2v) is 5.65. The molecule has 17 heavy (non-hydrogen) atoms. The van der Waals surface area contributed by atoms with Crippen LogP contribution in [0.15, 0.2) is 0 Å². The molecule has 0 heterocycles. The van der Waals surface area contributed by atoms with E-state index in [0.717, 1.165) is 18.4 Å². The number of carbonyl (C=O) groups is 1. The van der Waals surface area contributed by atoms with Crippen LogP contribution in [0.1, 0.15) is 52.9 Å². The molecule has 0 aliphatic heterocycles. The van der Waals surface area contributed by atoms with Crippen molar-refractivity contribution in [2.45, 2.75) is 58.9 Å². The average molecular weight is 240 g/mol. The number of amides is 1. The molecule has 1 amide bonds. The van der Waals surface area contributed by atoms with Crippen molar-refractivity contribution >= 4 is 5.91 Å². The predicted molar refractivity (Wildman–Crippen MR) is 71.9 cm³/mol. The Bertz CT molecular complexity index is 220. The highest BCUT2D eigenvalue weighted by Crippen LogP contribution is 2.29. The summed E-state index contributed by atoms with van der Waals surface area (Å²) in [5.74, 6) is 1.85. The van der Waals surface area contributed by atoms with E-state index in [0.29, 0.717) is 6.54 Å². The molecular weight excluding hydrogens is 212 g/mol. The SMILES string of the molecule is CCC1CCC(CNCC(=O)NC(C)C)CC1. The van der Waals surface area contributed by atoms with E-state index in [1.54, 1.807) is 0 Å². The quantitative estimate of drug-likeness (QED) is 0.748. The van der Waals surface area contributed by atoms with Crippen LogP contribution >= 0.6 is 0 Å². The van der Waals surface area contributed by atoms with Crippen LogP contribution in [-0.2, 0) is 4.79 Å². The zero-order valence-corrected chi connectivity index (χ0v) is 11.6. The van der Waals surface area contributed by atoms with Crippen LogP contribution < -0.4 is 10.6 Å². The third-order valence-corrected chi connectivity index (χ3v) is 3.71. The molecule has 0 atom stereocenters. The van der Waals surface area contributed by atoms with E-state index in [9.17, 15) is 4.79 Å². The topological polar surface area (TPSA) is 41.1 Å². The minimum Gasteiger partial charge on any atom is -0.353 e. The van der Waals surface area contributed by atoms with Crippen molar-refractivity contribution in [1.29, 1.82) is 0 Å². The Morgan fingerprint density at radius 3 is 2.29 bits per heavy atom. The fraction of sp³-hybridized carbons (Fsp3) is 0.929. The summed E-state index contributed by atoms with van der Waals surface area (Å²) in [5, 5.41) is 6.18. The van der Waals surface area contributed by atoms with E-state index < -0.39 is 0 Å². The predicted octanol–water partition coefficient (Wildman–Crippen LogP) is 2.32. The molecule has 3 heteroatoms. The number of hydrogen-bond acceptors (Lipinski definition) is 2.